The number of aromatic nitrogens is 1. The van der Waals surface area contributed by atoms with Crippen LogP contribution in [0.25, 0.3) is 0 Å². The lowest BCUT2D eigenvalue weighted by atomic mass is 10.1. The number of ether oxygens (including phenoxy) is 2. The van der Waals surface area contributed by atoms with E-state index in [0.29, 0.717) is 13.2 Å². The van der Waals surface area contributed by atoms with Crippen LogP contribution in [-0.2, 0) is 20.7 Å². The van der Waals surface area contributed by atoms with Gasteiger partial charge < -0.3 is 14.4 Å². The van der Waals surface area contributed by atoms with Crippen LogP contribution in [0.2, 0.25) is 0 Å². The summed E-state index contributed by atoms with van der Waals surface area (Å²) in [6.45, 7) is 2.15. The lowest BCUT2D eigenvalue weighted by Crippen LogP contribution is -2.33. The second-order valence-corrected chi connectivity index (χ2v) is 5.42. The summed E-state index contributed by atoms with van der Waals surface area (Å²) >= 11 is 0. The van der Waals surface area contributed by atoms with Crippen molar-refractivity contribution in [2.75, 3.05) is 33.4 Å². The second-order valence-electron chi connectivity index (χ2n) is 5.42. The molecule has 1 aromatic rings. The summed E-state index contributed by atoms with van der Waals surface area (Å²) in [7, 11) is 1.81. The molecule has 0 N–H and O–H groups in total. The zero-order chi connectivity index (χ0) is 14.9. The highest BCUT2D eigenvalue weighted by Gasteiger charge is 2.15. The number of carbonyl (C=O) groups excluding carboxylic acids is 1. The molecule has 1 aliphatic rings. The first-order chi connectivity index (χ1) is 10.3. The topological polar surface area (TPSA) is 51.7 Å². The van der Waals surface area contributed by atoms with Crippen LogP contribution in [0.3, 0.4) is 0 Å². The zero-order valence-electron chi connectivity index (χ0n) is 12.7. The van der Waals surface area contributed by atoms with E-state index >= 15 is 0 Å². The van der Waals surface area contributed by atoms with E-state index in [1.165, 1.54) is 12.0 Å². The van der Waals surface area contributed by atoms with Crippen molar-refractivity contribution in [2.24, 2.45) is 0 Å². The molecule has 1 unspecified atom stereocenters. The number of amides is 1. The molecule has 21 heavy (non-hydrogen) atoms. The van der Waals surface area contributed by atoms with Gasteiger partial charge in [0.25, 0.3) is 0 Å². The van der Waals surface area contributed by atoms with E-state index in [1.54, 1.807) is 17.3 Å². The van der Waals surface area contributed by atoms with E-state index in [9.17, 15) is 4.79 Å². The van der Waals surface area contributed by atoms with Crippen LogP contribution in [0.4, 0.5) is 0 Å². The summed E-state index contributed by atoms with van der Waals surface area (Å²) in [4.78, 5) is 17.6. The summed E-state index contributed by atoms with van der Waals surface area (Å²) in [5.74, 6) is 0.0138. The van der Waals surface area contributed by atoms with Crippen LogP contribution in [-0.4, -0.2) is 55.3 Å². The van der Waals surface area contributed by atoms with Crippen molar-refractivity contribution in [3.8, 4) is 0 Å². The third kappa shape index (κ3) is 5.81. The molecule has 0 spiro atoms. The Labute approximate surface area is 126 Å². The average Bonchev–Trinajstić information content (AvgIpc) is 2.54. The first-order valence-corrected chi connectivity index (χ1v) is 7.58. The molecule has 1 fully saturated rings. The van der Waals surface area contributed by atoms with Crippen LogP contribution in [0.5, 0.6) is 0 Å². The minimum absolute atomic E-state index is 0.0138. The van der Waals surface area contributed by atoms with E-state index in [2.05, 4.69) is 4.98 Å². The first kappa shape index (κ1) is 15.9. The number of carbonyl (C=O) groups is 1. The van der Waals surface area contributed by atoms with E-state index in [0.717, 1.165) is 25.9 Å². The normalized spacial score (nSPS) is 18.4. The maximum absolute atomic E-state index is 12.0. The lowest BCUT2D eigenvalue weighted by molar-refractivity contribution is -0.136. The van der Waals surface area contributed by atoms with Crippen LogP contribution in [0, 0.1) is 0 Å². The molecule has 0 aromatic carbocycles. The van der Waals surface area contributed by atoms with Gasteiger partial charge in [-0.3, -0.25) is 9.78 Å². The Hall–Kier alpha value is -1.46. The molecule has 5 heteroatoms. The molecular weight excluding hydrogens is 268 g/mol. The Bertz CT molecular complexity index is 419. The van der Waals surface area contributed by atoms with Gasteiger partial charge in [-0.25, -0.2) is 0 Å². The molecular formula is C16H24N2O3. The molecule has 1 amide bonds. The molecule has 2 rings (SSSR count). The molecule has 2 heterocycles. The molecule has 0 bridgehead atoms. The monoisotopic (exact) mass is 292 g/mol. The summed E-state index contributed by atoms with van der Waals surface area (Å²) in [5.41, 5.74) is 1.18. The predicted octanol–water partition coefficient (Wildman–Crippen LogP) is 1.67. The van der Waals surface area contributed by atoms with Gasteiger partial charge in [0.05, 0.1) is 12.7 Å². The number of nitrogens with zero attached hydrogens (tertiary/aromatic N) is 2. The standard InChI is InChI=1S/C16H24N2O3/c1-18(10-7-14-5-8-17-9-6-14)16(19)13-20-12-15-4-2-3-11-21-15/h5-6,8-9,15H,2-4,7,10-13H2,1H3. The van der Waals surface area contributed by atoms with Crippen LogP contribution in [0.1, 0.15) is 24.8 Å². The van der Waals surface area contributed by atoms with Gasteiger partial charge in [-0.15, -0.1) is 0 Å². The highest BCUT2D eigenvalue weighted by atomic mass is 16.5. The quantitative estimate of drug-likeness (QED) is 0.767. The number of hydrogen-bond acceptors (Lipinski definition) is 4. The number of likely N-dealkylation sites (N-methyl/N-ethyl adjacent to an activating group) is 1. The van der Waals surface area contributed by atoms with Crippen molar-refractivity contribution in [3.05, 3.63) is 30.1 Å². The van der Waals surface area contributed by atoms with E-state index in [-0.39, 0.29) is 18.6 Å². The van der Waals surface area contributed by atoms with Crippen molar-refractivity contribution < 1.29 is 14.3 Å². The van der Waals surface area contributed by atoms with E-state index < -0.39 is 0 Å². The minimum Gasteiger partial charge on any atom is -0.376 e. The van der Waals surface area contributed by atoms with Crippen molar-refractivity contribution in [1.29, 1.82) is 0 Å². The molecule has 0 aliphatic carbocycles. The third-order valence-electron chi connectivity index (χ3n) is 3.71. The van der Waals surface area contributed by atoms with Gasteiger partial charge in [0, 0.05) is 32.6 Å². The van der Waals surface area contributed by atoms with Crippen LogP contribution in [0.15, 0.2) is 24.5 Å². The van der Waals surface area contributed by atoms with E-state index in [4.69, 9.17) is 9.47 Å². The fourth-order valence-corrected chi connectivity index (χ4v) is 2.30. The smallest absolute Gasteiger partial charge is 0.248 e. The minimum atomic E-state index is 0.0138. The predicted molar refractivity (Wildman–Crippen MR) is 80.0 cm³/mol. The summed E-state index contributed by atoms with van der Waals surface area (Å²) in [6, 6.07) is 3.93. The number of hydrogen-bond donors (Lipinski definition) is 0. The van der Waals surface area contributed by atoms with Gasteiger partial charge >= 0.3 is 0 Å². The zero-order valence-corrected chi connectivity index (χ0v) is 12.7. The maximum atomic E-state index is 12.0. The lowest BCUT2D eigenvalue weighted by Gasteiger charge is -2.23. The Morgan fingerprint density at radius 2 is 2.24 bits per heavy atom. The molecule has 5 nitrogen and oxygen atoms in total. The highest BCUT2D eigenvalue weighted by Crippen LogP contribution is 2.12. The largest absolute Gasteiger partial charge is 0.376 e. The Morgan fingerprint density at radius 3 is 2.95 bits per heavy atom. The van der Waals surface area contributed by atoms with Crippen molar-refractivity contribution in [2.45, 2.75) is 31.8 Å². The van der Waals surface area contributed by atoms with Crippen LogP contribution < -0.4 is 0 Å². The average molecular weight is 292 g/mol. The van der Waals surface area contributed by atoms with Gasteiger partial charge in [-0.1, -0.05) is 0 Å². The fraction of sp³-hybridized carbons (Fsp3) is 0.625. The van der Waals surface area contributed by atoms with E-state index in [1.807, 2.05) is 19.2 Å². The molecule has 1 aliphatic heterocycles. The van der Waals surface area contributed by atoms with Gasteiger partial charge in [0.15, 0.2) is 0 Å². The number of pyridine rings is 1. The van der Waals surface area contributed by atoms with Crippen molar-refractivity contribution in [1.82, 2.24) is 9.88 Å². The van der Waals surface area contributed by atoms with Crippen molar-refractivity contribution in [3.63, 3.8) is 0 Å². The SMILES string of the molecule is CN(CCc1ccncc1)C(=O)COCC1CCCCO1. The molecule has 0 saturated carbocycles. The van der Waals surface area contributed by atoms with Crippen molar-refractivity contribution >= 4 is 5.91 Å². The number of rotatable bonds is 7. The van der Waals surface area contributed by atoms with Gasteiger partial charge in [0.1, 0.15) is 6.61 Å². The fourth-order valence-electron chi connectivity index (χ4n) is 2.30. The second kappa shape index (κ2) is 8.74. The molecule has 0 radical (unpaired) electrons. The molecule has 1 saturated heterocycles. The Balaban J connectivity index is 1.60. The molecule has 1 atom stereocenters. The summed E-state index contributed by atoms with van der Waals surface area (Å²) < 4.78 is 11.1. The molecule has 116 valence electrons. The van der Waals surface area contributed by atoms with Gasteiger partial charge in [0.2, 0.25) is 5.91 Å². The van der Waals surface area contributed by atoms with Gasteiger partial charge in [-0.2, -0.15) is 0 Å². The Morgan fingerprint density at radius 1 is 1.43 bits per heavy atom. The Kier molecular flexibility index (Phi) is 6.63. The maximum Gasteiger partial charge on any atom is 0.248 e. The molecule has 1 aromatic heterocycles. The highest BCUT2D eigenvalue weighted by molar-refractivity contribution is 5.77. The van der Waals surface area contributed by atoms with Gasteiger partial charge in [-0.05, 0) is 43.4 Å². The first-order valence-electron chi connectivity index (χ1n) is 7.58. The third-order valence-corrected chi connectivity index (χ3v) is 3.71. The summed E-state index contributed by atoms with van der Waals surface area (Å²) in [5, 5.41) is 0. The summed E-state index contributed by atoms with van der Waals surface area (Å²) in [6.07, 6.45) is 7.88. The van der Waals surface area contributed by atoms with Crippen LogP contribution >= 0.6 is 0 Å².